The molecule has 1 saturated carbocycles. The predicted octanol–water partition coefficient (Wildman–Crippen LogP) is 3.11. The highest BCUT2D eigenvalue weighted by Gasteiger charge is 2.28. The molecule has 1 aliphatic carbocycles. The zero-order chi connectivity index (χ0) is 13.6. The van der Waals surface area contributed by atoms with Crippen molar-refractivity contribution in [3.05, 3.63) is 35.9 Å². The van der Waals surface area contributed by atoms with Crippen molar-refractivity contribution in [1.82, 2.24) is 10.6 Å². The molecule has 0 bridgehead atoms. The highest BCUT2D eigenvalue weighted by Crippen LogP contribution is 2.36. The predicted molar refractivity (Wildman–Crippen MR) is 78.1 cm³/mol. The minimum Gasteiger partial charge on any atom is -0.338 e. The zero-order valence-electron chi connectivity index (χ0n) is 11.7. The number of hydrogen-bond donors (Lipinski definition) is 2. The van der Waals surface area contributed by atoms with Crippen LogP contribution in [-0.2, 0) is 6.42 Å². The lowest BCUT2D eigenvalue weighted by Gasteiger charge is -2.23. The number of carbonyl (C=O) groups is 1. The summed E-state index contributed by atoms with van der Waals surface area (Å²) in [6.45, 7) is 3.75. The lowest BCUT2D eigenvalue weighted by Crippen LogP contribution is -2.41. The number of carbonyl (C=O) groups excluding carboxylic acids is 1. The third kappa shape index (κ3) is 4.58. The topological polar surface area (TPSA) is 41.1 Å². The Labute approximate surface area is 115 Å². The molecule has 0 saturated heterocycles. The number of amides is 2. The Balaban J connectivity index is 1.62. The van der Waals surface area contributed by atoms with Crippen molar-refractivity contribution in [2.45, 2.75) is 39.0 Å². The van der Waals surface area contributed by atoms with Gasteiger partial charge in [0.1, 0.15) is 0 Å². The summed E-state index contributed by atoms with van der Waals surface area (Å²) in [4.78, 5) is 11.7. The molecule has 1 aromatic carbocycles. The monoisotopic (exact) mass is 260 g/mol. The fraction of sp³-hybridized carbons (Fsp3) is 0.562. The number of benzene rings is 1. The first kappa shape index (κ1) is 13.9. The maximum Gasteiger partial charge on any atom is 0.314 e. The minimum atomic E-state index is -0.0379. The molecule has 1 fully saturated rings. The molecular formula is C16H24N2O. The number of rotatable bonds is 5. The smallest absolute Gasteiger partial charge is 0.314 e. The standard InChI is InChI=1S/C16H24N2O/c1-16(10-5-6-11-16)13-18-15(19)17-12-9-14-7-3-2-4-8-14/h2-4,7-8H,5-6,9-13H2,1H3,(H2,17,18,19). The van der Waals surface area contributed by atoms with E-state index in [0.29, 0.717) is 12.0 Å². The summed E-state index contributed by atoms with van der Waals surface area (Å²) in [5.41, 5.74) is 1.57. The van der Waals surface area contributed by atoms with Crippen molar-refractivity contribution < 1.29 is 4.79 Å². The molecule has 0 unspecified atom stereocenters. The highest BCUT2D eigenvalue weighted by atomic mass is 16.2. The number of urea groups is 1. The first-order valence-electron chi connectivity index (χ1n) is 7.24. The Morgan fingerprint density at radius 1 is 1.16 bits per heavy atom. The van der Waals surface area contributed by atoms with Crippen LogP contribution in [0, 0.1) is 5.41 Å². The average Bonchev–Trinajstić information content (AvgIpc) is 2.85. The minimum absolute atomic E-state index is 0.0379. The van der Waals surface area contributed by atoms with E-state index in [1.54, 1.807) is 0 Å². The summed E-state index contributed by atoms with van der Waals surface area (Å²) in [5.74, 6) is 0. The summed E-state index contributed by atoms with van der Waals surface area (Å²) >= 11 is 0. The van der Waals surface area contributed by atoms with Crippen LogP contribution in [0.3, 0.4) is 0 Å². The van der Waals surface area contributed by atoms with Crippen molar-refractivity contribution in [2.24, 2.45) is 5.41 Å². The van der Waals surface area contributed by atoms with E-state index in [1.807, 2.05) is 18.2 Å². The molecule has 2 rings (SSSR count). The van der Waals surface area contributed by atoms with Gasteiger partial charge in [-0.25, -0.2) is 4.79 Å². The van der Waals surface area contributed by atoms with Crippen LogP contribution in [-0.4, -0.2) is 19.1 Å². The van der Waals surface area contributed by atoms with Gasteiger partial charge in [-0.05, 0) is 30.2 Å². The van der Waals surface area contributed by atoms with Gasteiger partial charge >= 0.3 is 6.03 Å². The molecule has 2 amide bonds. The second-order valence-corrected chi connectivity index (χ2v) is 5.86. The fourth-order valence-corrected chi connectivity index (χ4v) is 2.73. The molecule has 0 spiro atoms. The summed E-state index contributed by atoms with van der Waals surface area (Å²) in [7, 11) is 0. The lowest BCUT2D eigenvalue weighted by atomic mass is 9.89. The van der Waals surface area contributed by atoms with Gasteiger partial charge < -0.3 is 10.6 Å². The molecule has 3 heteroatoms. The summed E-state index contributed by atoms with van der Waals surface area (Å²) in [5, 5.41) is 5.92. The van der Waals surface area contributed by atoms with Crippen molar-refractivity contribution in [3.8, 4) is 0 Å². The molecule has 3 nitrogen and oxygen atoms in total. The molecule has 2 N–H and O–H groups in total. The van der Waals surface area contributed by atoms with E-state index in [2.05, 4.69) is 29.7 Å². The van der Waals surface area contributed by atoms with Crippen LogP contribution in [0.4, 0.5) is 4.79 Å². The number of hydrogen-bond acceptors (Lipinski definition) is 1. The largest absolute Gasteiger partial charge is 0.338 e. The van der Waals surface area contributed by atoms with Crippen LogP contribution in [0.5, 0.6) is 0 Å². The van der Waals surface area contributed by atoms with Gasteiger partial charge in [-0.2, -0.15) is 0 Å². The molecule has 0 aliphatic heterocycles. The van der Waals surface area contributed by atoms with Crippen LogP contribution < -0.4 is 10.6 Å². The average molecular weight is 260 g/mol. The van der Waals surface area contributed by atoms with Crippen LogP contribution in [0.2, 0.25) is 0 Å². The molecule has 0 aromatic heterocycles. The second kappa shape index (κ2) is 6.60. The molecule has 19 heavy (non-hydrogen) atoms. The van der Waals surface area contributed by atoms with E-state index in [0.717, 1.165) is 13.0 Å². The van der Waals surface area contributed by atoms with Gasteiger partial charge in [-0.1, -0.05) is 50.1 Å². The molecular weight excluding hydrogens is 236 g/mol. The van der Waals surface area contributed by atoms with Crippen molar-refractivity contribution in [2.75, 3.05) is 13.1 Å². The Kier molecular flexibility index (Phi) is 4.83. The van der Waals surface area contributed by atoms with Crippen molar-refractivity contribution in [1.29, 1.82) is 0 Å². The van der Waals surface area contributed by atoms with Gasteiger partial charge in [-0.3, -0.25) is 0 Å². The van der Waals surface area contributed by atoms with Gasteiger partial charge in [0, 0.05) is 13.1 Å². The lowest BCUT2D eigenvalue weighted by molar-refractivity contribution is 0.232. The molecule has 0 heterocycles. The molecule has 1 aliphatic rings. The third-order valence-electron chi connectivity index (χ3n) is 4.03. The van der Waals surface area contributed by atoms with Gasteiger partial charge in [0.2, 0.25) is 0 Å². The second-order valence-electron chi connectivity index (χ2n) is 5.86. The van der Waals surface area contributed by atoms with E-state index >= 15 is 0 Å². The Morgan fingerprint density at radius 3 is 2.53 bits per heavy atom. The van der Waals surface area contributed by atoms with E-state index < -0.39 is 0 Å². The van der Waals surface area contributed by atoms with Gasteiger partial charge in [0.05, 0.1) is 0 Å². The van der Waals surface area contributed by atoms with E-state index in [1.165, 1.54) is 31.2 Å². The summed E-state index contributed by atoms with van der Waals surface area (Å²) < 4.78 is 0. The number of nitrogens with one attached hydrogen (secondary N) is 2. The quantitative estimate of drug-likeness (QED) is 0.839. The Morgan fingerprint density at radius 2 is 1.84 bits per heavy atom. The van der Waals surface area contributed by atoms with Crippen LogP contribution in [0.15, 0.2) is 30.3 Å². The van der Waals surface area contributed by atoms with Crippen LogP contribution in [0.25, 0.3) is 0 Å². The Hall–Kier alpha value is -1.51. The zero-order valence-corrected chi connectivity index (χ0v) is 11.7. The van der Waals surface area contributed by atoms with Crippen LogP contribution in [0.1, 0.15) is 38.2 Å². The third-order valence-corrected chi connectivity index (χ3v) is 4.03. The SMILES string of the molecule is CC1(CNC(=O)NCCc2ccccc2)CCCC1. The maximum atomic E-state index is 11.7. The van der Waals surface area contributed by atoms with Crippen molar-refractivity contribution >= 4 is 6.03 Å². The van der Waals surface area contributed by atoms with Gasteiger partial charge in [0.25, 0.3) is 0 Å². The van der Waals surface area contributed by atoms with Gasteiger partial charge in [-0.15, -0.1) is 0 Å². The summed E-state index contributed by atoms with van der Waals surface area (Å²) in [6.07, 6.45) is 5.95. The molecule has 0 atom stereocenters. The maximum absolute atomic E-state index is 11.7. The first-order chi connectivity index (χ1) is 9.18. The molecule has 104 valence electrons. The van der Waals surface area contributed by atoms with E-state index in [-0.39, 0.29) is 6.03 Å². The fourth-order valence-electron chi connectivity index (χ4n) is 2.73. The van der Waals surface area contributed by atoms with Crippen LogP contribution >= 0.6 is 0 Å². The normalized spacial score (nSPS) is 17.1. The van der Waals surface area contributed by atoms with Crippen molar-refractivity contribution in [3.63, 3.8) is 0 Å². The summed E-state index contributed by atoms with van der Waals surface area (Å²) in [6, 6.07) is 10.2. The van der Waals surface area contributed by atoms with E-state index in [4.69, 9.17) is 0 Å². The molecule has 0 radical (unpaired) electrons. The Bertz CT molecular complexity index is 396. The molecule has 1 aromatic rings. The van der Waals surface area contributed by atoms with Gasteiger partial charge in [0.15, 0.2) is 0 Å². The highest BCUT2D eigenvalue weighted by molar-refractivity contribution is 5.73. The first-order valence-corrected chi connectivity index (χ1v) is 7.24. The van der Waals surface area contributed by atoms with E-state index in [9.17, 15) is 4.79 Å².